The van der Waals surface area contributed by atoms with Crippen LogP contribution in [0.4, 0.5) is 4.79 Å². The maximum atomic E-state index is 12.9. The van der Waals surface area contributed by atoms with E-state index in [2.05, 4.69) is 10.2 Å². The van der Waals surface area contributed by atoms with Crippen molar-refractivity contribution in [3.05, 3.63) is 0 Å². The second kappa shape index (κ2) is 7.20. The quantitative estimate of drug-likeness (QED) is 0.856. The summed E-state index contributed by atoms with van der Waals surface area (Å²) in [5.41, 5.74) is 0. The second-order valence-corrected chi connectivity index (χ2v) is 8.22. The van der Waals surface area contributed by atoms with E-state index in [1.807, 2.05) is 0 Å². The Morgan fingerprint density at radius 3 is 2.25 bits per heavy atom. The SMILES string of the molecule is O=C(NC1CCC2(CC1)OCCO2)N(CC1CC1)C1CCCCC1. The minimum atomic E-state index is -0.335. The topological polar surface area (TPSA) is 50.8 Å². The van der Waals surface area contributed by atoms with Crippen molar-refractivity contribution in [1.82, 2.24) is 10.2 Å². The van der Waals surface area contributed by atoms with E-state index in [9.17, 15) is 4.79 Å². The van der Waals surface area contributed by atoms with Gasteiger partial charge in [0.1, 0.15) is 0 Å². The van der Waals surface area contributed by atoms with Crippen molar-refractivity contribution >= 4 is 6.03 Å². The number of nitrogens with zero attached hydrogens (tertiary/aromatic N) is 1. The van der Waals surface area contributed by atoms with Crippen LogP contribution < -0.4 is 5.32 Å². The molecule has 3 aliphatic carbocycles. The summed E-state index contributed by atoms with van der Waals surface area (Å²) in [7, 11) is 0. The van der Waals surface area contributed by atoms with Gasteiger partial charge in [-0.25, -0.2) is 4.79 Å². The highest BCUT2D eigenvalue weighted by Gasteiger charge is 2.41. The van der Waals surface area contributed by atoms with Gasteiger partial charge in [0.25, 0.3) is 0 Å². The summed E-state index contributed by atoms with van der Waals surface area (Å²) < 4.78 is 11.6. The molecule has 136 valence electrons. The Labute approximate surface area is 145 Å². The predicted molar refractivity (Wildman–Crippen MR) is 91.7 cm³/mol. The molecule has 0 aromatic heterocycles. The van der Waals surface area contributed by atoms with Gasteiger partial charge in [-0.1, -0.05) is 19.3 Å². The first kappa shape index (κ1) is 16.6. The molecule has 24 heavy (non-hydrogen) atoms. The number of hydrogen-bond donors (Lipinski definition) is 1. The average Bonchev–Trinajstić information content (AvgIpc) is 3.33. The van der Waals surface area contributed by atoms with Crippen molar-refractivity contribution in [3.8, 4) is 0 Å². The van der Waals surface area contributed by atoms with Crippen molar-refractivity contribution in [3.63, 3.8) is 0 Å². The van der Waals surface area contributed by atoms with E-state index in [0.29, 0.717) is 19.3 Å². The summed E-state index contributed by atoms with van der Waals surface area (Å²) in [5, 5.41) is 3.33. The first-order valence-corrected chi connectivity index (χ1v) is 10.1. The molecule has 1 spiro atoms. The fraction of sp³-hybridized carbons (Fsp3) is 0.947. The van der Waals surface area contributed by atoms with Crippen LogP contribution in [-0.2, 0) is 9.47 Å². The molecule has 3 saturated carbocycles. The molecule has 1 N–H and O–H groups in total. The highest BCUT2D eigenvalue weighted by molar-refractivity contribution is 5.75. The minimum absolute atomic E-state index is 0.183. The number of urea groups is 1. The van der Waals surface area contributed by atoms with Crippen LogP contribution in [-0.4, -0.2) is 48.6 Å². The lowest BCUT2D eigenvalue weighted by molar-refractivity contribution is -0.179. The van der Waals surface area contributed by atoms with Crippen molar-refractivity contribution in [1.29, 1.82) is 0 Å². The maximum absolute atomic E-state index is 12.9. The van der Waals surface area contributed by atoms with Gasteiger partial charge in [0, 0.05) is 31.5 Å². The van der Waals surface area contributed by atoms with Crippen LogP contribution in [0.25, 0.3) is 0 Å². The number of carbonyl (C=O) groups is 1. The Bertz CT molecular complexity index is 430. The van der Waals surface area contributed by atoms with Crippen LogP contribution in [0.3, 0.4) is 0 Å². The second-order valence-electron chi connectivity index (χ2n) is 8.22. The normalized spacial score (nSPS) is 28.2. The van der Waals surface area contributed by atoms with E-state index in [1.165, 1.54) is 44.9 Å². The molecule has 2 amide bonds. The number of hydrogen-bond acceptors (Lipinski definition) is 3. The summed E-state index contributed by atoms with van der Waals surface area (Å²) >= 11 is 0. The molecular formula is C19H32N2O3. The molecule has 4 rings (SSSR count). The molecule has 4 fully saturated rings. The first-order valence-electron chi connectivity index (χ1n) is 10.1. The molecule has 0 aromatic carbocycles. The number of carbonyl (C=O) groups excluding carboxylic acids is 1. The van der Waals surface area contributed by atoms with E-state index in [1.54, 1.807) is 0 Å². The summed E-state index contributed by atoms with van der Waals surface area (Å²) in [4.78, 5) is 15.1. The minimum Gasteiger partial charge on any atom is -0.348 e. The third-order valence-corrected chi connectivity index (χ3v) is 6.32. The van der Waals surface area contributed by atoms with Gasteiger partial charge >= 0.3 is 6.03 Å². The van der Waals surface area contributed by atoms with Crippen molar-refractivity contribution in [2.75, 3.05) is 19.8 Å². The van der Waals surface area contributed by atoms with Gasteiger partial charge in [0.2, 0.25) is 0 Å². The molecular weight excluding hydrogens is 304 g/mol. The van der Waals surface area contributed by atoms with Gasteiger partial charge < -0.3 is 19.7 Å². The number of nitrogens with one attached hydrogen (secondary N) is 1. The van der Waals surface area contributed by atoms with Gasteiger partial charge in [-0.2, -0.15) is 0 Å². The zero-order chi connectivity index (χ0) is 16.4. The summed E-state index contributed by atoms with van der Waals surface area (Å²) in [6.45, 7) is 2.40. The molecule has 5 nitrogen and oxygen atoms in total. The standard InChI is InChI=1S/C19H32N2O3/c22-18(20-16-8-10-19(11-9-16)23-12-13-24-19)21(14-15-6-7-15)17-4-2-1-3-5-17/h15-17H,1-14H2,(H,20,22). The van der Waals surface area contributed by atoms with Crippen LogP contribution in [0.5, 0.6) is 0 Å². The molecule has 1 saturated heterocycles. The third kappa shape index (κ3) is 3.88. The van der Waals surface area contributed by atoms with Crippen LogP contribution in [0.2, 0.25) is 0 Å². The fourth-order valence-corrected chi connectivity index (χ4v) is 4.61. The van der Waals surface area contributed by atoms with E-state index in [-0.39, 0.29) is 17.9 Å². The van der Waals surface area contributed by atoms with Crippen molar-refractivity contribution in [2.45, 2.75) is 88.5 Å². The Morgan fingerprint density at radius 1 is 0.958 bits per heavy atom. The summed E-state index contributed by atoms with van der Waals surface area (Å²) in [5.74, 6) is 0.422. The monoisotopic (exact) mass is 336 g/mol. The van der Waals surface area contributed by atoms with Gasteiger partial charge in [-0.05, 0) is 44.4 Å². The van der Waals surface area contributed by atoms with E-state index < -0.39 is 0 Å². The van der Waals surface area contributed by atoms with E-state index in [0.717, 1.165) is 38.1 Å². The molecule has 0 unspecified atom stereocenters. The van der Waals surface area contributed by atoms with Gasteiger partial charge in [0.15, 0.2) is 5.79 Å². The van der Waals surface area contributed by atoms with Gasteiger partial charge in [-0.3, -0.25) is 0 Å². The molecule has 0 aromatic rings. The lowest BCUT2D eigenvalue weighted by atomic mass is 9.90. The summed E-state index contributed by atoms with van der Waals surface area (Å²) in [6, 6.07) is 0.931. The average molecular weight is 336 g/mol. The van der Waals surface area contributed by atoms with Crippen molar-refractivity contribution in [2.24, 2.45) is 5.92 Å². The molecule has 1 heterocycles. The molecule has 0 atom stereocenters. The van der Waals surface area contributed by atoms with Crippen molar-refractivity contribution < 1.29 is 14.3 Å². The van der Waals surface area contributed by atoms with Crippen LogP contribution in [0, 0.1) is 5.92 Å². The molecule has 5 heteroatoms. The van der Waals surface area contributed by atoms with Crippen LogP contribution in [0.1, 0.15) is 70.6 Å². The molecule has 1 aliphatic heterocycles. The van der Waals surface area contributed by atoms with Crippen LogP contribution in [0.15, 0.2) is 0 Å². The highest BCUT2D eigenvalue weighted by atomic mass is 16.7. The fourth-order valence-electron chi connectivity index (χ4n) is 4.61. The maximum Gasteiger partial charge on any atom is 0.317 e. The first-order chi connectivity index (χ1) is 11.7. The number of rotatable bonds is 4. The Balaban J connectivity index is 1.31. The third-order valence-electron chi connectivity index (χ3n) is 6.32. The molecule has 0 bridgehead atoms. The van der Waals surface area contributed by atoms with Crippen LogP contribution >= 0.6 is 0 Å². The van der Waals surface area contributed by atoms with E-state index in [4.69, 9.17) is 9.47 Å². The molecule has 4 aliphatic rings. The zero-order valence-electron chi connectivity index (χ0n) is 14.8. The number of ether oxygens (including phenoxy) is 2. The van der Waals surface area contributed by atoms with E-state index >= 15 is 0 Å². The lowest BCUT2D eigenvalue weighted by Gasteiger charge is -2.38. The predicted octanol–water partition coefficient (Wildman–Crippen LogP) is 3.43. The number of amides is 2. The van der Waals surface area contributed by atoms with Gasteiger partial charge in [-0.15, -0.1) is 0 Å². The summed E-state index contributed by atoms with van der Waals surface area (Å²) in [6.07, 6.45) is 12.6. The smallest absolute Gasteiger partial charge is 0.317 e. The highest BCUT2D eigenvalue weighted by Crippen LogP contribution is 2.36. The Morgan fingerprint density at radius 2 is 1.62 bits per heavy atom. The largest absolute Gasteiger partial charge is 0.348 e. The molecule has 0 radical (unpaired) electrons. The van der Waals surface area contributed by atoms with Gasteiger partial charge in [0.05, 0.1) is 13.2 Å². The Kier molecular flexibility index (Phi) is 5.00. The Hall–Kier alpha value is -0.810. The lowest BCUT2D eigenvalue weighted by Crippen LogP contribution is -2.52. The zero-order valence-corrected chi connectivity index (χ0v) is 14.8.